The Morgan fingerprint density at radius 1 is 1.23 bits per heavy atom. The molecule has 1 aliphatic heterocycles. The molecule has 206 valence electrons. The maximum atomic E-state index is 13.8. The highest BCUT2D eigenvalue weighted by Gasteiger charge is 2.36. The lowest BCUT2D eigenvalue weighted by Crippen LogP contribution is -2.52. The van der Waals surface area contributed by atoms with Gasteiger partial charge in [-0.2, -0.15) is 0 Å². The maximum absolute atomic E-state index is 13.8. The predicted octanol–water partition coefficient (Wildman–Crippen LogP) is 2.34. The third-order valence-corrected chi connectivity index (χ3v) is 6.26. The quantitative estimate of drug-likeness (QED) is 0.302. The number of aliphatic hydroxyl groups is 2. The van der Waals surface area contributed by atoms with Gasteiger partial charge in [-0.1, -0.05) is 0 Å². The summed E-state index contributed by atoms with van der Waals surface area (Å²) in [6.07, 6.45) is 1.37. The van der Waals surface area contributed by atoms with E-state index in [0.29, 0.717) is 29.0 Å². The number of methoxy groups -OCH3 is 1. The van der Waals surface area contributed by atoms with Gasteiger partial charge in [-0.3, -0.25) is 14.6 Å². The van der Waals surface area contributed by atoms with Crippen molar-refractivity contribution in [3.63, 3.8) is 0 Å². The van der Waals surface area contributed by atoms with Crippen molar-refractivity contribution in [2.75, 3.05) is 19.0 Å². The molecule has 0 saturated carbocycles. The van der Waals surface area contributed by atoms with E-state index in [4.69, 9.17) is 9.47 Å². The molecule has 4 N–H and O–H groups in total. The van der Waals surface area contributed by atoms with Crippen molar-refractivity contribution in [2.45, 2.75) is 43.6 Å². The van der Waals surface area contributed by atoms with Crippen LogP contribution in [0.1, 0.15) is 24.8 Å². The van der Waals surface area contributed by atoms with Gasteiger partial charge in [-0.05, 0) is 49.2 Å². The number of carbonyl (C=O) groups excluding carboxylic acids is 2. The zero-order chi connectivity index (χ0) is 27.9. The Morgan fingerprint density at radius 3 is 2.82 bits per heavy atom. The zero-order valence-electron chi connectivity index (χ0n) is 21.0. The highest BCUT2D eigenvalue weighted by atomic mass is 19.1. The van der Waals surface area contributed by atoms with Gasteiger partial charge in [0, 0.05) is 30.3 Å². The molecule has 0 radical (unpaired) electrons. The van der Waals surface area contributed by atoms with Crippen LogP contribution in [0.25, 0.3) is 17.1 Å². The van der Waals surface area contributed by atoms with Gasteiger partial charge in [0.25, 0.3) is 5.91 Å². The Kier molecular flexibility index (Phi) is 9.12. The molecule has 1 fully saturated rings. The van der Waals surface area contributed by atoms with Crippen LogP contribution in [-0.4, -0.2) is 70.1 Å². The molecule has 0 aliphatic carbocycles. The predicted molar refractivity (Wildman–Crippen MR) is 138 cm³/mol. The summed E-state index contributed by atoms with van der Waals surface area (Å²) < 4.78 is 38.4. The fourth-order valence-electron chi connectivity index (χ4n) is 4.28. The van der Waals surface area contributed by atoms with Crippen molar-refractivity contribution >= 4 is 34.6 Å². The average Bonchev–Trinajstić information content (AvgIpc) is 2.94. The summed E-state index contributed by atoms with van der Waals surface area (Å²) in [4.78, 5) is 34.2. The number of pyridine rings is 2. The number of anilines is 1. The molecule has 2 aromatic heterocycles. The number of nitrogens with zero attached hydrogens (tertiary/aromatic N) is 2. The standard InChI is InChI=1S/C27H28F2N4O6/c1-38-25-9-6-20-26(33-25)21(10-11-30-20)32-27(37)22-7-5-19(23(39-22)13-17(35)14-34)31-24(36)8-2-15-12-16(28)3-4-18(15)29/h2-4,6,8-12,17,19,22-23,34-35H,5,7,13-14H2,1H3,(H,31,36)(H,30,32,37)/t17-,19+,22-,23+/m0/s1. The number of nitrogens with one attached hydrogen (secondary N) is 2. The molecule has 10 nitrogen and oxygen atoms in total. The van der Waals surface area contributed by atoms with Crippen LogP contribution in [0.5, 0.6) is 5.88 Å². The first kappa shape index (κ1) is 28.0. The van der Waals surface area contributed by atoms with Gasteiger partial charge < -0.3 is 30.3 Å². The number of amides is 2. The first-order chi connectivity index (χ1) is 18.8. The normalized spacial score (nSPS) is 20.1. The molecule has 0 unspecified atom stereocenters. The number of aliphatic hydroxyl groups excluding tert-OH is 2. The molecule has 3 heterocycles. The van der Waals surface area contributed by atoms with Crippen molar-refractivity contribution in [1.82, 2.24) is 15.3 Å². The first-order valence-electron chi connectivity index (χ1n) is 12.3. The number of fused-ring (bicyclic) bond motifs is 1. The third kappa shape index (κ3) is 7.11. The number of hydrogen-bond donors (Lipinski definition) is 4. The summed E-state index contributed by atoms with van der Waals surface area (Å²) in [6.45, 7) is -0.535. The van der Waals surface area contributed by atoms with E-state index in [-0.39, 0.29) is 18.4 Å². The number of aromatic nitrogens is 2. The summed E-state index contributed by atoms with van der Waals surface area (Å²) in [7, 11) is 1.48. The van der Waals surface area contributed by atoms with Crippen molar-refractivity contribution in [3.8, 4) is 5.88 Å². The molecule has 0 bridgehead atoms. The lowest BCUT2D eigenvalue weighted by Gasteiger charge is -2.37. The number of halogens is 2. The third-order valence-electron chi connectivity index (χ3n) is 6.26. The second kappa shape index (κ2) is 12.7. The molecule has 2 amide bonds. The van der Waals surface area contributed by atoms with Crippen molar-refractivity contribution in [3.05, 3.63) is 65.9 Å². The minimum atomic E-state index is -1.14. The van der Waals surface area contributed by atoms with Crippen molar-refractivity contribution in [2.24, 2.45) is 0 Å². The van der Waals surface area contributed by atoms with Gasteiger partial charge in [0.1, 0.15) is 23.3 Å². The van der Waals surface area contributed by atoms with Gasteiger partial charge in [-0.15, -0.1) is 0 Å². The SMILES string of the molecule is COc1ccc2nccc(NC(=O)[C@@H]3CC[C@@H](NC(=O)C=Cc4cc(F)ccc4F)[C@@H](C[C@H](O)CO)O3)c2n1. The van der Waals surface area contributed by atoms with E-state index in [2.05, 4.69) is 20.6 Å². The van der Waals surface area contributed by atoms with Gasteiger partial charge in [-0.25, -0.2) is 13.8 Å². The van der Waals surface area contributed by atoms with E-state index in [0.717, 1.165) is 30.4 Å². The summed E-state index contributed by atoms with van der Waals surface area (Å²) in [6, 6.07) is 7.24. The van der Waals surface area contributed by atoms with Crippen molar-refractivity contribution in [1.29, 1.82) is 0 Å². The molecular weight excluding hydrogens is 514 g/mol. The average molecular weight is 543 g/mol. The molecule has 0 spiro atoms. The Hall–Kier alpha value is -4.00. The number of rotatable bonds is 9. The fraction of sp³-hybridized carbons (Fsp3) is 0.333. The van der Waals surface area contributed by atoms with E-state index >= 15 is 0 Å². The monoisotopic (exact) mass is 542 g/mol. The minimum Gasteiger partial charge on any atom is -0.481 e. The van der Waals surface area contributed by atoms with Crippen LogP contribution in [0.3, 0.4) is 0 Å². The largest absolute Gasteiger partial charge is 0.481 e. The highest BCUT2D eigenvalue weighted by Crippen LogP contribution is 2.27. The molecular formula is C27H28F2N4O6. The summed E-state index contributed by atoms with van der Waals surface area (Å²) in [5, 5.41) is 24.9. The second-order valence-corrected chi connectivity index (χ2v) is 9.00. The van der Waals surface area contributed by atoms with E-state index in [1.165, 1.54) is 13.3 Å². The summed E-state index contributed by atoms with van der Waals surface area (Å²) in [5.41, 5.74) is 1.30. The van der Waals surface area contributed by atoms with Crippen LogP contribution in [0.2, 0.25) is 0 Å². The lowest BCUT2D eigenvalue weighted by molar-refractivity contribution is -0.143. The Labute approximate surface area is 222 Å². The Bertz CT molecular complexity index is 1370. The number of ether oxygens (including phenoxy) is 2. The van der Waals surface area contributed by atoms with Crippen LogP contribution in [0.4, 0.5) is 14.5 Å². The maximum Gasteiger partial charge on any atom is 0.253 e. The van der Waals surface area contributed by atoms with Gasteiger partial charge >= 0.3 is 0 Å². The summed E-state index contributed by atoms with van der Waals surface area (Å²) >= 11 is 0. The Morgan fingerprint density at radius 2 is 2.05 bits per heavy atom. The molecule has 4 atom stereocenters. The van der Waals surface area contributed by atoms with Gasteiger partial charge in [0.15, 0.2) is 0 Å². The van der Waals surface area contributed by atoms with Gasteiger partial charge in [0.05, 0.1) is 43.2 Å². The molecule has 1 aromatic carbocycles. The topological polar surface area (TPSA) is 143 Å². The molecule has 39 heavy (non-hydrogen) atoms. The van der Waals surface area contributed by atoms with E-state index < -0.39 is 54.4 Å². The van der Waals surface area contributed by atoms with Crippen LogP contribution < -0.4 is 15.4 Å². The number of carbonyl (C=O) groups is 2. The van der Waals surface area contributed by atoms with Crippen LogP contribution in [-0.2, 0) is 14.3 Å². The molecule has 4 rings (SSSR count). The first-order valence-corrected chi connectivity index (χ1v) is 12.3. The van der Waals surface area contributed by atoms with Crippen LogP contribution >= 0.6 is 0 Å². The van der Waals surface area contributed by atoms with Gasteiger partial charge in [0.2, 0.25) is 11.8 Å². The summed E-state index contributed by atoms with van der Waals surface area (Å²) in [5.74, 6) is -2.03. The van der Waals surface area contributed by atoms with Crippen LogP contribution in [0, 0.1) is 11.6 Å². The number of benzene rings is 1. The van der Waals surface area contributed by atoms with E-state index in [1.807, 2.05) is 0 Å². The van der Waals surface area contributed by atoms with Crippen LogP contribution in [0.15, 0.2) is 48.7 Å². The molecule has 3 aromatic rings. The fourth-order valence-corrected chi connectivity index (χ4v) is 4.28. The molecule has 1 saturated heterocycles. The van der Waals surface area contributed by atoms with Crippen molar-refractivity contribution < 1.29 is 38.1 Å². The lowest BCUT2D eigenvalue weighted by atomic mass is 9.94. The highest BCUT2D eigenvalue weighted by molar-refractivity contribution is 6.01. The smallest absolute Gasteiger partial charge is 0.253 e. The van der Waals surface area contributed by atoms with E-state index in [1.54, 1.807) is 18.2 Å². The second-order valence-electron chi connectivity index (χ2n) is 9.00. The Balaban J connectivity index is 1.44. The number of hydrogen-bond acceptors (Lipinski definition) is 8. The zero-order valence-corrected chi connectivity index (χ0v) is 21.0. The van der Waals surface area contributed by atoms with E-state index in [9.17, 15) is 28.6 Å². The molecule has 12 heteroatoms. The molecule has 1 aliphatic rings. The minimum absolute atomic E-state index is 0.0512.